The minimum atomic E-state index is -0.425. The molecule has 0 unspecified atom stereocenters. The van der Waals surface area contributed by atoms with Crippen molar-refractivity contribution in [3.63, 3.8) is 0 Å². The van der Waals surface area contributed by atoms with E-state index in [2.05, 4.69) is 5.92 Å². The SMILES string of the molecule is C#CCN(C)C(=O)C(CC)(CC)CN. The van der Waals surface area contributed by atoms with Crippen molar-refractivity contribution in [2.45, 2.75) is 26.7 Å². The first-order valence-electron chi connectivity index (χ1n) is 4.97. The fraction of sp³-hybridized carbons (Fsp3) is 0.727. The van der Waals surface area contributed by atoms with Gasteiger partial charge in [-0.25, -0.2) is 0 Å². The van der Waals surface area contributed by atoms with E-state index >= 15 is 0 Å². The molecule has 2 N–H and O–H groups in total. The molecule has 0 bridgehead atoms. The van der Waals surface area contributed by atoms with E-state index in [1.807, 2.05) is 13.8 Å². The molecule has 0 aromatic rings. The maximum Gasteiger partial charge on any atom is 0.230 e. The Balaban J connectivity index is 4.68. The number of rotatable bonds is 5. The largest absolute Gasteiger partial charge is 0.334 e. The average molecular weight is 196 g/mol. The number of nitrogens with zero attached hydrogens (tertiary/aromatic N) is 1. The molecule has 80 valence electrons. The minimum absolute atomic E-state index is 0.0583. The molecule has 0 rings (SSSR count). The van der Waals surface area contributed by atoms with Gasteiger partial charge in [0.2, 0.25) is 5.91 Å². The van der Waals surface area contributed by atoms with Crippen molar-refractivity contribution in [2.75, 3.05) is 20.1 Å². The fourth-order valence-corrected chi connectivity index (χ4v) is 1.54. The Morgan fingerprint density at radius 2 is 2.00 bits per heavy atom. The lowest BCUT2D eigenvalue weighted by Crippen LogP contribution is -2.46. The molecule has 3 heteroatoms. The van der Waals surface area contributed by atoms with Crippen LogP contribution in [0, 0.1) is 17.8 Å². The lowest BCUT2D eigenvalue weighted by Gasteiger charge is -2.32. The van der Waals surface area contributed by atoms with Gasteiger partial charge in [0, 0.05) is 13.6 Å². The third kappa shape index (κ3) is 2.49. The second-order valence-electron chi connectivity index (χ2n) is 3.56. The van der Waals surface area contributed by atoms with Crippen LogP contribution >= 0.6 is 0 Å². The van der Waals surface area contributed by atoms with Crippen LogP contribution in [0.25, 0.3) is 0 Å². The molecule has 0 aliphatic heterocycles. The molecule has 0 aromatic heterocycles. The van der Waals surface area contributed by atoms with Crippen LogP contribution in [0.2, 0.25) is 0 Å². The van der Waals surface area contributed by atoms with E-state index in [1.54, 1.807) is 11.9 Å². The number of amides is 1. The maximum absolute atomic E-state index is 12.0. The Hall–Kier alpha value is -1.01. The Morgan fingerprint density at radius 3 is 2.29 bits per heavy atom. The number of hydrogen-bond donors (Lipinski definition) is 1. The molecule has 3 nitrogen and oxygen atoms in total. The first-order chi connectivity index (χ1) is 6.57. The van der Waals surface area contributed by atoms with Gasteiger partial charge in [0.15, 0.2) is 0 Å². The molecule has 0 saturated heterocycles. The molecule has 1 amide bonds. The first-order valence-corrected chi connectivity index (χ1v) is 4.97. The van der Waals surface area contributed by atoms with Gasteiger partial charge < -0.3 is 10.6 Å². The Kier molecular flexibility index (Phi) is 5.26. The summed E-state index contributed by atoms with van der Waals surface area (Å²) in [4.78, 5) is 13.6. The number of nitrogens with two attached hydrogens (primary N) is 1. The summed E-state index contributed by atoms with van der Waals surface area (Å²) in [5.41, 5.74) is 5.24. The van der Waals surface area contributed by atoms with Crippen LogP contribution in [0.4, 0.5) is 0 Å². The summed E-state index contributed by atoms with van der Waals surface area (Å²) < 4.78 is 0. The molecular formula is C11H20N2O. The maximum atomic E-state index is 12.0. The van der Waals surface area contributed by atoms with Gasteiger partial charge in [-0.3, -0.25) is 4.79 Å². The summed E-state index contributed by atoms with van der Waals surface area (Å²) in [6.45, 7) is 4.70. The smallest absolute Gasteiger partial charge is 0.230 e. The quantitative estimate of drug-likeness (QED) is 0.662. The molecular weight excluding hydrogens is 176 g/mol. The lowest BCUT2D eigenvalue weighted by molar-refractivity contribution is -0.140. The van der Waals surface area contributed by atoms with Gasteiger partial charge in [0.25, 0.3) is 0 Å². The van der Waals surface area contributed by atoms with Crippen molar-refractivity contribution in [3.05, 3.63) is 0 Å². The summed E-state index contributed by atoms with van der Waals surface area (Å²) in [5, 5.41) is 0. The van der Waals surface area contributed by atoms with E-state index in [-0.39, 0.29) is 5.91 Å². The van der Waals surface area contributed by atoms with Crippen LogP contribution in [0.15, 0.2) is 0 Å². The Bertz CT molecular complexity index is 218. The van der Waals surface area contributed by atoms with Crippen molar-refractivity contribution >= 4 is 5.91 Å². The van der Waals surface area contributed by atoms with E-state index in [0.717, 1.165) is 12.8 Å². The van der Waals surface area contributed by atoms with Crippen molar-refractivity contribution in [2.24, 2.45) is 11.1 Å². The number of carbonyl (C=O) groups is 1. The zero-order valence-electron chi connectivity index (χ0n) is 9.34. The normalized spacial score (nSPS) is 10.8. The van der Waals surface area contributed by atoms with Crippen LogP contribution in [0.5, 0.6) is 0 Å². The van der Waals surface area contributed by atoms with Crippen molar-refractivity contribution in [1.82, 2.24) is 4.90 Å². The van der Waals surface area contributed by atoms with Crippen LogP contribution in [0.1, 0.15) is 26.7 Å². The number of carbonyl (C=O) groups excluding carboxylic acids is 1. The van der Waals surface area contributed by atoms with Gasteiger partial charge in [-0.15, -0.1) is 6.42 Å². The second kappa shape index (κ2) is 5.66. The summed E-state index contributed by atoms with van der Waals surface area (Å²) >= 11 is 0. The number of hydrogen-bond acceptors (Lipinski definition) is 2. The minimum Gasteiger partial charge on any atom is -0.334 e. The summed E-state index contributed by atoms with van der Waals surface area (Å²) in [7, 11) is 1.72. The molecule has 0 radical (unpaired) electrons. The predicted molar refractivity (Wildman–Crippen MR) is 58.5 cm³/mol. The highest BCUT2D eigenvalue weighted by molar-refractivity contribution is 5.82. The lowest BCUT2D eigenvalue weighted by atomic mass is 9.81. The van der Waals surface area contributed by atoms with Gasteiger partial charge >= 0.3 is 0 Å². The van der Waals surface area contributed by atoms with Gasteiger partial charge in [-0.05, 0) is 12.8 Å². The molecule has 14 heavy (non-hydrogen) atoms. The van der Waals surface area contributed by atoms with E-state index < -0.39 is 5.41 Å². The Morgan fingerprint density at radius 1 is 1.50 bits per heavy atom. The summed E-state index contributed by atoms with van der Waals surface area (Å²) in [6.07, 6.45) is 6.68. The van der Waals surface area contributed by atoms with E-state index in [9.17, 15) is 4.79 Å². The summed E-state index contributed by atoms with van der Waals surface area (Å²) in [5.74, 6) is 2.52. The Labute approximate surface area is 86.6 Å². The third-order valence-corrected chi connectivity index (χ3v) is 2.87. The van der Waals surface area contributed by atoms with Crippen molar-refractivity contribution < 1.29 is 4.79 Å². The van der Waals surface area contributed by atoms with Gasteiger partial charge in [-0.1, -0.05) is 19.8 Å². The van der Waals surface area contributed by atoms with E-state index in [4.69, 9.17) is 12.2 Å². The highest BCUT2D eigenvalue weighted by Crippen LogP contribution is 2.26. The highest BCUT2D eigenvalue weighted by Gasteiger charge is 2.35. The van der Waals surface area contributed by atoms with Crippen LogP contribution in [0.3, 0.4) is 0 Å². The molecule has 0 aliphatic rings. The summed E-state index contributed by atoms with van der Waals surface area (Å²) in [6, 6.07) is 0. The average Bonchev–Trinajstić information content (AvgIpc) is 2.21. The van der Waals surface area contributed by atoms with Gasteiger partial charge in [-0.2, -0.15) is 0 Å². The van der Waals surface area contributed by atoms with E-state index in [1.165, 1.54) is 0 Å². The predicted octanol–water partition coefficient (Wildman–Crippen LogP) is 0.843. The molecule has 0 spiro atoms. The third-order valence-electron chi connectivity index (χ3n) is 2.87. The first kappa shape index (κ1) is 13.0. The van der Waals surface area contributed by atoms with Gasteiger partial charge in [0.05, 0.1) is 12.0 Å². The zero-order valence-corrected chi connectivity index (χ0v) is 9.34. The monoisotopic (exact) mass is 196 g/mol. The molecule has 0 aliphatic carbocycles. The molecule has 0 fully saturated rings. The van der Waals surface area contributed by atoms with Gasteiger partial charge in [0.1, 0.15) is 0 Å². The van der Waals surface area contributed by atoms with Crippen molar-refractivity contribution in [1.29, 1.82) is 0 Å². The van der Waals surface area contributed by atoms with Crippen LogP contribution < -0.4 is 5.73 Å². The van der Waals surface area contributed by atoms with E-state index in [0.29, 0.717) is 13.1 Å². The van der Waals surface area contributed by atoms with Crippen molar-refractivity contribution in [3.8, 4) is 12.3 Å². The molecule has 0 heterocycles. The molecule has 0 aromatic carbocycles. The van der Waals surface area contributed by atoms with Crippen LogP contribution in [-0.2, 0) is 4.79 Å². The number of terminal acetylenes is 1. The zero-order chi connectivity index (χ0) is 11.2. The highest BCUT2D eigenvalue weighted by atomic mass is 16.2. The molecule has 0 saturated carbocycles. The van der Waals surface area contributed by atoms with Crippen LogP contribution in [-0.4, -0.2) is 30.9 Å². The standard InChI is InChI=1S/C11H20N2O/c1-5-8-13(4)10(14)11(6-2,7-3)9-12/h1H,6-9,12H2,2-4H3. The fourth-order valence-electron chi connectivity index (χ4n) is 1.54. The topological polar surface area (TPSA) is 46.3 Å². The second-order valence-corrected chi connectivity index (χ2v) is 3.56. The molecule has 0 atom stereocenters.